The average Bonchev–Trinajstić information content (AvgIpc) is 2.52. The molecule has 0 unspecified atom stereocenters. The van der Waals surface area contributed by atoms with Crippen molar-refractivity contribution in [3.05, 3.63) is 30.4 Å². The van der Waals surface area contributed by atoms with Crippen LogP contribution in [0.2, 0.25) is 0 Å². The second kappa shape index (κ2) is 5.60. The molecule has 0 radical (unpaired) electrons. The van der Waals surface area contributed by atoms with Crippen LogP contribution in [-0.4, -0.2) is 22.6 Å². The van der Waals surface area contributed by atoms with E-state index in [-0.39, 0.29) is 0 Å². The highest BCUT2D eigenvalue weighted by Crippen LogP contribution is 2.00. The molecule has 14 heavy (non-hydrogen) atoms. The lowest BCUT2D eigenvalue weighted by atomic mass is 10.3. The van der Waals surface area contributed by atoms with Crippen LogP contribution in [0, 0.1) is 6.92 Å². The van der Waals surface area contributed by atoms with Gasteiger partial charge in [0.15, 0.2) is 0 Å². The summed E-state index contributed by atoms with van der Waals surface area (Å²) in [5.74, 6) is 1.04. The van der Waals surface area contributed by atoms with Gasteiger partial charge < -0.3 is 9.88 Å². The van der Waals surface area contributed by atoms with Gasteiger partial charge in [-0.3, -0.25) is 0 Å². The second-order valence-corrected chi connectivity index (χ2v) is 3.53. The number of aromatic nitrogens is 2. The van der Waals surface area contributed by atoms with Crippen molar-refractivity contribution in [3.8, 4) is 0 Å². The number of nitrogens with zero attached hydrogens (tertiary/aromatic N) is 2. The van der Waals surface area contributed by atoms with Crippen LogP contribution < -0.4 is 5.32 Å². The fourth-order valence-corrected chi connectivity index (χ4v) is 1.31. The first kappa shape index (κ1) is 11.0. The first-order chi connectivity index (χ1) is 6.74. The number of aryl methyl sites for hydroxylation is 1. The van der Waals surface area contributed by atoms with E-state index in [9.17, 15) is 0 Å². The summed E-state index contributed by atoms with van der Waals surface area (Å²) in [7, 11) is 0. The fourth-order valence-electron chi connectivity index (χ4n) is 1.31. The van der Waals surface area contributed by atoms with Gasteiger partial charge in [-0.05, 0) is 25.5 Å². The summed E-state index contributed by atoms with van der Waals surface area (Å²) in [5, 5.41) is 3.33. The van der Waals surface area contributed by atoms with Gasteiger partial charge in [-0.2, -0.15) is 0 Å². The topological polar surface area (TPSA) is 29.9 Å². The van der Waals surface area contributed by atoms with E-state index in [4.69, 9.17) is 0 Å². The molecule has 0 amide bonds. The monoisotopic (exact) mass is 193 g/mol. The summed E-state index contributed by atoms with van der Waals surface area (Å²) in [4.78, 5) is 4.17. The molecule has 0 bridgehead atoms. The van der Waals surface area contributed by atoms with E-state index < -0.39 is 0 Å². The van der Waals surface area contributed by atoms with Gasteiger partial charge in [0.1, 0.15) is 5.82 Å². The molecule has 0 aliphatic heterocycles. The van der Waals surface area contributed by atoms with Gasteiger partial charge in [0.2, 0.25) is 0 Å². The Balaban J connectivity index is 2.31. The first-order valence-electron chi connectivity index (χ1n) is 5.09. The maximum Gasteiger partial charge on any atom is 0.105 e. The van der Waals surface area contributed by atoms with Crippen molar-refractivity contribution in [1.82, 2.24) is 14.9 Å². The molecule has 0 aromatic carbocycles. The van der Waals surface area contributed by atoms with Crippen molar-refractivity contribution in [2.24, 2.45) is 0 Å². The molecule has 0 aliphatic rings. The number of hydrogen-bond acceptors (Lipinski definition) is 2. The van der Waals surface area contributed by atoms with Crippen LogP contribution in [0.3, 0.4) is 0 Å². The molecule has 0 fully saturated rings. The van der Waals surface area contributed by atoms with Gasteiger partial charge in [0, 0.05) is 25.5 Å². The van der Waals surface area contributed by atoms with Crippen LogP contribution in [0.15, 0.2) is 24.5 Å². The molecular formula is C11H19N3. The third kappa shape index (κ3) is 3.34. The summed E-state index contributed by atoms with van der Waals surface area (Å²) in [5.41, 5.74) is 1.19. The number of imidazole rings is 1. The van der Waals surface area contributed by atoms with E-state index in [2.05, 4.69) is 28.4 Å². The van der Waals surface area contributed by atoms with Crippen molar-refractivity contribution >= 4 is 0 Å². The minimum absolute atomic E-state index is 0.864. The Morgan fingerprint density at radius 2 is 2.43 bits per heavy atom. The summed E-state index contributed by atoms with van der Waals surface area (Å²) in [6.45, 7) is 11.0. The Morgan fingerprint density at radius 1 is 1.64 bits per heavy atom. The average molecular weight is 193 g/mol. The van der Waals surface area contributed by atoms with Crippen molar-refractivity contribution in [1.29, 1.82) is 0 Å². The van der Waals surface area contributed by atoms with E-state index in [1.807, 2.05) is 19.3 Å². The lowest BCUT2D eigenvalue weighted by molar-refractivity contribution is 0.666. The van der Waals surface area contributed by atoms with Crippen LogP contribution in [0.5, 0.6) is 0 Å². The third-order valence-corrected chi connectivity index (χ3v) is 2.12. The van der Waals surface area contributed by atoms with Crippen LogP contribution >= 0.6 is 0 Å². The minimum Gasteiger partial charge on any atom is -0.331 e. The molecule has 1 rings (SSSR count). The van der Waals surface area contributed by atoms with E-state index in [1.165, 1.54) is 5.57 Å². The zero-order valence-corrected chi connectivity index (χ0v) is 9.08. The smallest absolute Gasteiger partial charge is 0.105 e. The third-order valence-electron chi connectivity index (χ3n) is 2.12. The van der Waals surface area contributed by atoms with Gasteiger partial charge in [-0.1, -0.05) is 13.5 Å². The van der Waals surface area contributed by atoms with E-state index in [0.717, 1.165) is 31.9 Å². The normalized spacial score (nSPS) is 10.4. The quantitative estimate of drug-likeness (QED) is 0.551. The maximum absolute atomic E-state index is 4.17. The van der Waals surface area contributed by atoms with Crippen molar-refractivity contribution in [2.75, 3.05) is 13.1 Å². The minimum atomic E-state index is 0.864. The SMILES string of the molecule is C=C(CNCCC)Cn1ccnc1C. The molecular weight excluding hydrogens is 174 g/mol. The molecule has 0 atom stereocenters. The molecule has 3 nitrogen and oxygen atoms in total. The molecule has 0 saturated heterocycles. The Kier molecular flexibility index (Phi) is 4.40. The van der Waals surface area contributed by atoms with Crippen molar-refractivity contribution in [2.45, 2.75) is 26.8 Å². The largest absolute Gasteiger partial charge is 0.331 e. The Hall–Kier alpha value is -1.09. The second-order valence-electron chi connectivity index (χ2n) is 3.53. The fraction of sp³-hybridized carbons (Fsp3) is 0.545. The summed E-state index contributed by atoms with van der Waals surface area (Å²) in [6, 6.07) is 0. The highest BCUT2D eigenvalue weighted by atomic mass is 15.1. The summed E-state index contributed by atoms with van der Waals surface area (Å²) in [6.07, 6.45) is 4.97. The molecule has 3 heteroatoms. The molecule has 78 valence electrons. The molecule has 1 heterocycles. The molecule has 1 N–H and O–H groups in total. The number of nitrogens with one attached hydrogen (secondary N) is 1. The lowest BCUT2D eigenvalue weighted by Crippen LogP contribution is -2.19. The predicted octanol–water partition coefficient (Wildman–Crippen LogP) is 1.75. The van der Waals surface area contributed by atoms with Crippen molar-refractivity contribution < 1.29 is 0 Å². The Labute approximate surface area is 85.8 Å². The number of rotatable bonds is 6. The highest BCUT2D eigenvalue weighted by Gasteiger charge is 1.98. The zero-order chi connectivity index (χ0) is 10.4. The maximum atomic E-state index is 4.17. The molecule has 1 aromatic heterocycles. The first-order valence-corrected chi connectivity index (χ1v) is 5.09. The van der Waals surface area contributed by atoms with E-state index in [1.54, 1.807) is 0 Å². The van der Waals surface area contributed by atoms with Crippen LogP contribution in [-0.2, 0) is 6.54 Å². The van der Waals surface area contributed by atoms with Gasteiger partial charge in [-0.25, -0.2) is 4.98 Å². The van der Waals surface area contributed by atoms with Crippen LogP contribution in [0.1, 0.15) is 19.2 Å². The standard InChI is InChI=1S/C11H19N3/c1-4-5-12-8-10(2)9-14-7-6-13-11(14)3/h6-7,12H,2,4-5,8-9H2,1,3H3. The van der Waals surface area contributed by atoms with Gasteiger partial charge >= 0.3 is 0 Å². The molecule has 0 aliphatic carbocycles. The van der Waals surface area contributed by atoms with Gasteiger partial charge in [0.05, 0.1) is 0 Å². The summed E-state index contributed by atoms with van der Waals surface area (Å²) >= 11 is 0. The van der Waals surface area contributed by atoms with Gasteiger partial charge in [-0.15, -0.1) is 0 Å². The Bertz CT molecular complexity index is 288. The predicted molar refractivity (Wildman–Crippen MR) is 59.3 cm³/mol. The van der Waals surface area contributed by atoms with E-state index >= 15 is 0 Å². The van der Waals surface area contributed by atoms with Crippen molar-refractivity contribution in [3.63, 3.8) is 0 Å². The van der Waals surface area contributed by atoms with E-state index in [0.29, 0.717) is 0 Å². The summed E-state index contributed by atoms with van der Waals surface area (Å²) < 4.78 is 2.11. The highest BCUT2D eigenvalue weighted by molar-refractivity contribution is 5.01. The van der Waals surface area contributed by atoms with Crippen LogP contribution in [0.4, 0.5) is 0 Å². The zero-order valence-electron chi connectivity index (χ0n) is 9.08. The lowest BCUT2D eigenvalue weighted by Gasteiger charge is -2.08. The Morgan fingerprint density at radius 3 is 3.00 bits per heavy atom. The van der Waals surface area contributed by atoms with Gasteiger partial charge in [0.25, 0.3) is 0 Å². The molecule has 0 saturated carbocycles. The number of hydrogen-bond donors (Lipinski definition) is 1. The van der Waals surface area contributed by atoms with Crippen LogP contribution in [0.25, 0.3) is 0 Å². The molecule has 1 aromatic rings. The molecule has 0 spiro atoms.